The molecule has 0 aliphatic heterocycles. The average Bonchev–Trinajstić information content (AvgIpc) is 2.22. The Bertz CT molecular complexity index is 469. The van der Waals surface area contributed by atoms with Crippen LogP contribution in [0.1, 0.15) is 0 Å². The van der Waals surface area contributed by atoms with Crippen LogP contribution in [0.15, 0.2) is 17.1 Å². The van der Waals surface area contributed by atoms with Gasteiger partial charge in [-0.05, 0) is 6.07 Å². The maximum Gasteiger partial charge on any atom is 0.294 e. The summed E-state index contributed by atoms with van der Waals surface area (Å²) in [5.41, 5.74) is 0. The van der Waals surface area contributed by atoms with E-state index in [1.54, 1.807) is 0 Å². The zero-order valence-electron chi connectivity index (χ0n) is 7.67. The number of carbonyl (C=O) groups excluding carboxylic acids is 2. The highest BCUT2D eigenvalue weighted by Crippen LogP contribution is 2.33. The standard InChI is InChI=1S/C9H4Cl3NO3/c10-5-1-7(12)8(2-6(5)11)16-3-9(15)13-4-14/h1-2H,3H2. The molecule has 0 bridgehead atoms. The predicted octanol–water partition coefficient (Wildman–Crippen LogP) is 2.89. The molecule has 84 valence electrons. The lowest BCUT2D eigenvalue weighted by molar-refractivity contribution is -0.119. The number of hydrogen-bond acceptors (Lipinski definition) is 3. The van der Waals surface area contributed by atoms with Gasteiger partial charge in [0.2, 0.25) is 6.08 Å². The summed E-state index contributed by atoms with van der Waals surface area (Å²) < 4.78 is 4.99. The second kappa shape index (κ2) is 5.87. The van der Waals surface area contributed by atoms with E-state index in [2.05, 4.69) is 4.99 Å². The van der Waals surface area contributed by atoms with Crippen LogP contribution in [0.5, 0.6) is 5.75 Å². The van der Waals surface area contributed by atoms with Gasteiger partial charge in [-0.25, -0.2) is 4.79 Å². The Hall–Kier alpha value is -1.06. The summed E-state index contributed by atoms with van der Waals surface area (Å²) in [5.74, 6) is -0.581. The molecule has 0 heterocycles. The Morgan fingerprint density at radius 2 is 1.88 bits per heavy atom. The van der Waals surface area contributed by atoms with E-state index in [4.69, 9.17) is 39.5 Å². The molecular weight excluding hydrogens is 276 g/mol. The van der Waals surface area contributed by atoms with Crippen LogP contribution in [-0.4, -0.2) is 18.6 Å². The van der Waals surface area contributed by atoms with Gasteiger partial charge in [-0.1, -0.05) is 34.8 Å². The summed E-state index contributed by atoms with van der Waals surface area (Å²) in [6.45, 7) is -0.424. The highest BCUT2D eigenvalue weighted by molar-refractivity contribution is 6.43. The van der Waals surface area contributed by atoms with Crippen LogP contribution in [-0.2, 0) is 9.59 Å². The molecule has 1 rings (SSSR count). The van der Waals surface area contributed by atoms with Crippen molar-refractivity contribution in [3.63, 3.8) is 0 Å². The van der Waals surface area contributed by atoms with Crippen molar-refractivity contribution in [1.82, 2.24) is 0 Å². The topological polar surface area (TPSA) is 55.7 Å². The van der Waals surface area contributed by atoms with Gasteiger partial charge in [-0.3, -0.25) is 4.79 Å². The first kappa shape index (κ1) is 13.0. The molecule has 0 fully saturated rings. The van der Waals surface area contributed by atoms with Gasteiger partial charge in [-0.15, -0.1) is 4.99 Å². The van der Waals surface area contributed by atoms with E-state index in [0.717, 1.165) is 6.08 Å². The average molecular weight is 280 g/mol. The summed E-state index contributed by atoms with van der Waals surface area (Å²) in [4.78, 5) is 23.4. The number of rotatable bonds is 3. The lowest BCUT2D eigenvalue weighted by Gasteiger charge is -2.06. The molecule has 0 spiro atoms. The normalized spacial score (nSPS) is 9.44. The van der Waals surface area contributed by atoms with Gasteiger partial charge in [0.25, 0.3) is 5.91 Å². The van der Waals surface area contributed by atoms with Gasteiger partial charge in [0.15, 0.2) is 6.61 Å². The summed E-state index contributed by atoms with van der Waals surface area (Å²) >= 11 is 17.2. The van der Waals surface area contributed by atoms with E-state index in [0.29, 0.717) is 0 Å². The zero-order chi connectivity index (χ0) is 12.1. The van der Waals surface area contributed by atoms with Crippen molar-refractivity contribution in [2.75, 3.05) is 6.61 Å². The van der Waals surface area contributed by atoms with Crippen LogP contribution in [0.3, 0.4) is 0 Å². The van der Waals surface area contributed by atoms with Crippen molar-refractivity contribution < 1.29 is 14.3 Å². The summed E-state index contributed by atoms with van der Waals surface area (Å²) in [7, 11) is 0. The van der Waals surface area contributed by atoms with Gasteiger partial charge in [0, 0.05) is 6.07 Å². The molecule has 1 amide bonds. The molecule has 0 aliphatic carbocycles. The predicted molar refractivity (Wildman–Crippen MR) is 60.1 cm³/mol. The molecule has 16 heavy (non-hydrogen) atoms. The molecule has 0 aromatic heterocycles. The highest BCUT2D eigenvalue weighted by atomic mass is 35.5. The first-order valence-electron chi connectivity index (χ1n) is 3.92. The maximum atomic E-state index is 10.8. The lowest BCUT2D eigenvalue weighted by atomic mass is 10.3. The summed E-state index contributed by atoms with van der Waals surface area (Å²) in [6, 6.07) is 2.75. The van der Waals surface area contributed by atoms with Crippen LogP contribution < -0.4 is 4.74 Å². The number of halogens is 3. The second-order valence-corrected chi connectivity index (χ2v) is 3.80. The number of carbonyl (C=O) groups is 1. The number of hydrogen-bond donors (Lipinski definition) is 0. The lowest BCUT2D eigenvalue weighted by Crippen LogP contribution is -2.08. The number of benzene rings is 1. The number of aliphatic imine (C=N–C) groups is 1. The SMILES string of the molecule is O=C=NC(=O)COc1cc(Cl)c(Cl)cc1Cl. The van der Waals surface area contributed by atoms with E-state index in [1.807, 2.05) is 0 Å². The molecule has 4 nitrogen and oxygen atoms in total. The Kier molecular flexibility index (Phi) is 4.77. The molecule has 1 aromatic carbocycles. The summed E-state index contributed by atoms with van der Waals surface area (Å²) in [6.07, 6.45) is 1.10. The Morgan fingerprint density at radius 1 is 1.25 bits per heavy atom. The van der Waals surface area contributed by atoms with Crippen molar-refractivity contribution in [2.45, 2.75) is 0 Å². The fourth-order valence-corrected chi connectivity index (χ4v) is 1.43. The van der Waals surface area contributed by atoms with Crippen molar-refractivity contribution in [3.8, 4) is 5.75 Å². The second-order valence-electron chi connectivity index (χ2n) is 2.58. The van der Waals surface area contributed by atoms with Crippen LogP contribution in [0.4, 0.5) is 0 Å². The first-order chi connectivity index (χ1) is 7.54. The third-order valence-electron chi connectivity index (χ3n) is 1.50. The molecule has 0 atom stereocenters. The van der Waals surface area contributed by atoms with Crippen molar-refractivity contribution in [2.24, 2.45) is 4.99 Å². The smallest absolute Gasteiger partial charge is 0.294 e. The largest absolute Gasteiger partial charge is 0.482 e. The van der Waals surface area contributed by atoms with E-state index in [1.165, 1.54) is 12.1 Å². The van der Waals surface area contributed by atoms with Crippen molar-refractivity contribution in [1.29, 1.82) is 0 Å². The minimum atomic E-state index is -0.767. The van der Waals surface area contributed by atoms with Gasteiger partial charge in [0.05, 0.1) is 15.1 Å². The molecule has 0 radical (unpaired) electrons. The van der Waals surface area contributed by atoms with Crippen LogP contribution >= 0.6 is 34.8 Å². The van der Waals surface area contributed by atoms with Crippen LogP contribution in [0.2, 0.25) is 15.1 Å². The number of isocyanates is 1. The molecule has 0 N–H and O–H groups in total. The van der Waals surface area contributed by atoms with Gasteiger partial charge in [0.1, 0.15) is 5.75 Å². The van der Waals surface area contributed by atoms with E-state index < -0.39 is 12.5 Å². The maximum absolute atomic E-state index is 10.8. The quantitative estimate of drug-likeness (QED) is 0.486. The van der Waals surface area contributed by atoms with Crippen molar-refractivity contribution >= 4 is 46.8 Å². The molecule has 1 aromatic rings. The molecule has 0 saturated carbocycles. The zero-order valence-corrected chi connectivity index (χ0v) is 9.94. The fourth-order valence-electron chi connectivity index (χ4n) is 0.838. The molecule has 0 aliphatic rings. The van der Waals surface area contributed by atoms with Gasteiger partial charge >= 0.3 is 0 Å². The van der Waals surface area contributed by atoms with Crippen LogP contribution in [0, 0.1) is 0 Å². The van der Waals surface area contributed by atoms with E-state index in [9.17, 15) is 9.59 Å². The van der Waals surface area contributed by atoms with Gasteiger partial charge in [-0.2, -0.15) is 0 Å². The first-order valence-corrected chi connectivity index (χ1v) is 5.06. The number of ether oxygens (including phenoxy) is 1. The number of nitrogens with zero attached hydrogens (tertiary/aromatic N) is 1. The Labute approximate surface area is 106 Å². The minimum Gasteiger partial charge on any atom is -0.482 e. The van der Waals surface area contributed by atoms with Crippen LogP contribution in [0.25, 0.3) is 0 Å². The molecule has 0 saturated heterocycles. The van der Waals surface area contributed by atoms with E-state index in [-0.39, 0.29) is 20.8 Å². The van der Waals surface area contributed by atoms with Gasteiger partial charge < -0.3 is 4.74 Å². The number of amides is 1. The molecule has 7 heteroatoms. The Balaban J connectivity index is 2.78. The monoisotopic (exact) mass is 279 g/mol. The third-order valence-corrected chi connectivity index (χ3v) is 2.51. The van der Waals surface area contributed by atoms with E-state index >= 15 is 0 Å². The third kappa shape index (κ3) is 3.51. The highest BCUT2D eigenvalue weighted by Gasteiger charge is 2.08. The summed E-state index contributed by atoms with van der Waals surface area (Å²) in [5, 5.41) is 0.723. The molecule has 0 unspecified atom stereocenters. The minimum absolute atomic E-state index is 0.186. The Morgan fingerprint density at radius 3 is 2.50 bits per heavy atom. The molecular formula is C9H4Cl3NO3. The van der Waals surface area contributed by atoms with Crippen molar-refractivity contribution in [3.05, 3.63) is 27.2 Å². The fraction of sp³-hybridized carbons (Fsp3) is 0.111.